The number of benzene rings is 1. The summed E-state index contributed by atoms with van der Waals surface area (Å²) in [4.78, 5) is 48.6. The van der Waals surface area contributed by atoms with Crippen LogP contribution in [0.4, 0.5) is 4.79 Å². The Balaban J connectivity index is 2.84. The van der Waals surface area contributed by atoms with E-state index in [4.69, 9.17) is 9.84 Å². The Morgan fingerprint density at radius 1 is 1.06 bits per heavy atom. The minimum Gasteiger partial charge on any atom is -0.478 e. The summed E-state index contributed by atoms with van der Waals surface area (Å²) in [5, 5.41) is 16.5. The summed E-state index contributed by atoms with van der Waals surface area (Å²) in [6.07, 6.45) is 1.06. The molecule has 0 spiro atoms. The Hall–Kier alpha value is -3.36. The predicted octanol–water partition coefficient (Wildman–Crippen LogP) is 2.72. The van der Waals surface area contributed by atoms with Crippen molar-refractivity contribution in [3.63, 3.8) is 0 Å². The van der Waals surface area contributed by atoms with E-state index in [9.17, 15) is 19.2 Å². The molecule has 1 aromatic carbocycles. The average Bonchev–Trinajstić information content (AvgIpc) is 2.69. The molecule has 4 N–H and O–H groups in total. The molecular formula is C23H33N3O6. The molecule has 0 radical (unpaired) electrons. The molecule has 0 saturated carbocycles. The average molecular weight is 448 g/mol. The Morgan fingerprint density at radius 2 is 1.69 bits per heavy atom. The van der Waals surface area contributed by atoms with E-state index in [1.807, 2.05) is 37.3 Å². The monoisotopic (exact) mass is 447 g/mol. The summed E-state index contributed by atoms with van der Waals surface area (Å²) in [5.74, 6) is -2.26. The number of alkyl carbamates (subject to hydrolysis) is 1. The Labute approximate surface area is 188 Å². The molecule has 3 amide bonds. The fourth-order valence-electron chi connectivity index (χ4n) is 2.87. The molecule has 1 unspecified atom stereocenters. The third kappa shape index (κ3) is 9.63. The van der Waals surface area contributed by atoms with E-state index in [2.05, 4.69) is 16.0 Å². The smallest absolute Gasteiger partial charge is 0.408 e. The fourth-order valence-corrected chi connectivity index (χ4v) is 2.87. The first-order chi connectivity index (χ1) is 14.9. The lowest BCUT2D eigenvalue weighted by atomic mass is 9.86. The highest BCUT2D eigenvalue weighted by atomic mass is 16.5. The molecule has 1 rings (SSSR count). The van der Waals surface area contributed by atoms with Gasteiger partial charge in [0.05, 0.1) is 0 Å². The number of allylic oxidation sites excluding steroid dienone is 1. The zero-order chi connectivity index (χ0) is 24.3. The van der Waals surface area contributed by atoms with Gasteiger partial charge in [0.15, 0.2) is 0 Å². The number of carboxylic acid groups (broad SMARTS) is 1. The summed E-state index contributed by atoms with van der Waals surface area (Å²) >= 11 is 0. The second-order valence-corrected chi connectivity index (χ2v) is 8.51. The highest BCUT2D eigenvalue weighted by Crippen LogP contribution is 2.20. The van der Waals surface area contributed by atoms with Gasteiger partial charge in [-0.2, -0.15) is 0 Å². The number of aliphatic carboxylic acids is 1. The first kappa shape index (κ1) is 26.7. The Kier molecular flexibility index (Phi) is 10.4. The second-order valence-electron chi connectivity index (χ2n) is 8.51. The maximum atomic E-state index is 13.0. The van der Waals surface area contributed by atoms with Crippen LogP contribution in [0.1, 0.15) is 53.0 Å². The van der Waals surface area contributed by atoms with E-state index in [1.54, 1.807) is 20.8 Å². The minimum absolute atomic E-state index is 0.0568. The number of carboxylic acids is 1. The molecule has 0 aliphatic heterocycles. The van der Waals surface area contributed by atoms with Gasteiger partial charge in [0, 0.05) is 11.8 Å². The molecule has 2 atom stereocenters. The van der Waals surface area contributed by atoms with Crippen LogP contribution in [0.3, 0.4) is 0 Å². The van der Waals surface area contributed by atoms with Gasteiger partial charge < -0.3 is 25.8 Å². The number of ether oxygens (including phenoxy) is 1. The van der Waals surface area contributed by atoms with Crippen molar-refractivity contribution >= 4 is 23.9 Å². The lowest BCUT2D eigenvalue weighted by Crippen LogP contribution is -2.57. The highest BCUT2D eigenvalue weighted by molar-refractivity contribution is 5.92. The van der Waals surface area contributed by atoms with Crippen molar-refractivity contribution in [2.24, 2.45) is 5.41 Å². The molecule has 176 valence electrons. The van der Waals surface area contributed by atoms with Gasteiger partial charge in [0.1, 0.15) is 18.7 Å². The standard InChI is InChI=1S/C23H33N3O6/c1-6-10-17(20(29)24-15(2)13-18(27)28)25-21(30)19(23(3,4)5)26-22(31)32-14-16-11-8-7-9-12-16/h7-9,11-13,17,19H,6,10,14H2,1-5H3,(H,24,29)(H,25,30)(H,26,31)(H,27,28)/b15-13+/t17-,19?/m0/s1. The zero-order valence-electron chi connectivity index (χ0n) is 19.2. The van der Waals surface area contributed by atoms with Crippen LogP contribution in [-0.4, -0.2) is 41.1 Å². The lowest BCUT2D eigenvalue weighted by molar-refractivity contribution is -0.132. The number of amides is 3. The summed E-state index contributed by atoms with van der Waals surface area (Å²) in [6.45, 7) is 8.70. The topological polar surface area (TPSA) is 134 Å². The summed E-state index contributed by atoms with van der Waals surface area (Å²) < 4.78 is 5.22. The number of hydrogen-bond acceptors (Lipinski definition) is 5. The lowest BCUT2D eigenvalue weighted by Gasteiger charge is -2.31. The van der Waals surface area contributed by atoms with E-state index in [0.717, 1.165) is 11.6 Å². The van der Waals surface area contributed by atoms with E-state index >= 15 is 0 Å². The molecule has 9 heteroatoms. The fraction of sp³-hybridized carbons (Fsp3) is 0.478. The molecule has 0 aliphatic rings. The number of hydrogen-bond donors (Lipinski definition) is 4. The maximum Gasteiger partial charge on any atom is 0.408 e. The van der Waals surface area contributed by atoms with Gasteiger partial charge in [-0.3, -0.25) is 9.59 Å². The third-order valence-electron chi connectivity index (χ3n) is 4.47. The molecule has 0 bridgehead atoms. The minimum atomic E-state index is -1.19. The molecule has 0 fully saturated rings. The highest BCUT2D eigenvalue weighted by Gasteiger charge is 2.35. The van der Waals surface area contributed by atoms with Gasteiger partial charge in [-0.1, -0.05) is 64.4 Å². The van der Waals surface area contributed by atoms with E-state index < -0.39 is 41.4 Å². The van der Waals surface area contributed by atoms with Crippen LogP contribution in [0.15, 0.2) is 42.1 Å². The van der Waals surface area contributed by atoms with Crippen molar-refractivity contribution in [3.05, 3.63) is 47.7 Å². The van der Waals surface area contributed by atoms with Gasteiger partial charge in [0.2, 0.25) is 11.8 Å². The van der Waals surface area contributed by atoms with Gasteiger partial charge in [-0.05, 0) is 24.3 Å². The molecule has 0 aliphatic carbocycles. The maximum absolute atomic E-state index is 13.0. The van der Waals surface area contributed by atoms with Gasteiger partial charge in [0.25, 0.3) is 0 Å². The van der Waals surface area contributed by atoms with Crippen LogP contribution in [0.2, 0.25) is 0 Å². The van der Waals surface area contributed by atoms with E-state index in [1.165, 1.54) is 6.92 Å². The predicted molar refractivity (Wildman–Crippen MR) is 119 cm³/mol. The van der Waals surface area contributed by atoms with Gasteiger partial charge >= 0.3 is 12.1 Å². The zero-order valence-corrected chi connectivity index (χ0v) is 19.2. The quantitative estimate of drug-likeness (QED) is 0.408. The molecule has 9 nitrogen and oxygen atoms in total. The van der Waals surface area contributed by atoms with Crippen molar-refractivity contribution in [1.82, 2.24) is 16.0 Å². The van der Waals surface area contributed by atoms with Crippen LogP contribution in [0.5, 0.6) is 0 Å². The van der Waals surface area contributed by atoms with Crippen LogP contribution >= 0.6 is 0 Å². The SMILES string of the molecule is CCC[C@H](NC(=O)C(NC(=O)OCc1ccccc1)C(C)(C)C)C(=O)N/C(C)=C/C(=O)O. The number of nitrogens with one attached hydrogen (secondary N) is 3. The summed E-state index contributed by atoms with van der Waals surface area (Å²) in [7, 11) is 0. The summed E-state index contributed by atoms with van der Waals surface area (Å²) in [6, 6.07) is 7.28. The van der Waals surface area contributed by atoms with Gasteiger partial charge in [-0.25, -0.2) is 9.59 Å². The van der Waals surface area contributed by atoms with Crippen molar-refractivity contribution in [3.8, 4) is 0 Å². The van der Waals surface area contributed by atoms with Crippen molar-refractivity contribution in [2.75, 3.05) is 0 Å². The first-order valence-electron chi connectivity index (χ1n) is 10.4. The van der Waals surface area contributed by atoms with Crippen molar-refractivity contribution in [2.45, 2.75) is 66.2 Å². The van der Waals surface area contributed by atoms with Crippen LogP contribution in [0, 0.1) is 5.41 Å². The first-order valence-corrected chi connectivity index (χ1v) is 10.4. The largest absolute Gasteiger partial charge is 0.478 e. The molecule has 1 aromatic rings. The van der Waals surface area contributed by atoms with Crippen molar-refractivity contribution in [1.29, 1.82) is 0 Å². The molecule has 0 saturated heterocycles. The molecule has 0 heterocycles. The van der Waals surface area contributed by atoms with Crippen LogP contribution in [-0.2, 0) is 25.7 Å². The molecule has 32 heavy (non-hydrogen) atoms. The van der Waals surface area contributed by atoms with E-state index in [-0.39, 0.29) is 12.3 Å². The van der Waals surface area contributed by atoms with E-state index in [0.29, 0.717) is 12.8 Å². The second kappa shape index (κ2) is 12.5. The Morgan fingerprint density at radius 3 is 2.22 bits per heavy atom. The third-order valence-corrected chi connectivity index (χ3v) is 4.47. The number of rotatable bonds is 10. The number of carbonyl (C=O) groups is 4. The number of carbonyl (C=O) groups excluding carboxylic acids is 3. The molecule has 0 aromatic heterocycles. The Bertz CT molecular complexity index is 830. The summed E-state index contributed by atoms with van der Waals surface area (Å²) in [5.41, 5.74) is 0.291. The van der Waals surface area contributed by atoms with Crippen LogP contribution in [0.25, 0.3) is 0 Å². The molecular weight excluding hydrogens is 414 g/mol. The van der Waals surface area contributed by atoms with Gasteiger partial charge in [-0.15, -0.1) is 0 Å². The normalized spacial score (nSPS) is 13.5. The van der Waals surface area contributed by atoms with Crippen LogP contribution < -0.4 is 16.0 Å². The van der Waals surface area contributed by atoms with Crippen molar-refractivity contribution < 1.29 is 29.0 Å².